The first kappa shape index (κ1) is 13.2. The van der Waals surface area contributed by atoms with Crippen LogP contribution in [0.3, 0.4) is 0 Å². The average molecular weight is 245 g/mol. The molecule has 2 rings (SSSR count). The van der Waals surface area contributed by atoms with Gasteiger partial charge in [-0.1, -0.05) is 36.8 Å². The summed E-state index contributed by atoms with van der Waals surface area (Å²) in [7, 11) is 0. The lowest BCUT2D eigenvalue weighted by molar-refractivity contribution is 0.219. The van der Waals surface area contributed by atoms with Gasteiger partial charge in [-0.25, -0.2) is 0 Å². The lowest BCUT2D eigenvalue weighted by atomic mass is 9.95. The van der Waals surface area contributed by atoms with Crippen LogP contribution in [0.1, 0.15) is 30.9 Å². The maximum atomic E-state index is 5.47. The second kappa shape index (κ2) is 6.60. The van der Waals surface area contributed by atoms with Crippen LogP contribution < -0.4 is 5.32 Å². The second-order valence-corrected chi connectivity index (χ2v) is 4.97. The molecule has 0 bridgehead atoms. The van der Waals surface area contributed by atoms with E-state index in [-0.39, 0.29) is 0 Å². The quantitative estimate of drug-likeness (QED) is 0.860. The van der Waals surface area contributed by atoms with Crippen molar-refractivity contribution in [1.82, 2.24) is 5.32 Å². The van der Waals surface area contributed by atoms with Crippen LogP contribution in [0.4, 0.5) is 0 Å². The number of aryl methyl sites for hydroxylation is 1. The van der Waals surface area contributed by atoms with Gasteiger partial charge in [-0.05, 0) is 43.9 Å². The van der Waals surface area contributed by atoms with Crippen LogP contribution in [0, 0.1) is 6.92 Å². The fraction of sp³-hybridized carbons (Fsp3) is 0.500. The van der Waals surface area contributed by atoms with Crippen molar-refractivity contribution >= 4 is 0 Å². The third-order valence-corrected chi connectivity index (χ3v) is 3.38. The van der Waals surface area contributed by atoms with E-state index in [0.29, 0.717) is 6.04 Å². The highest BCUT2D eigenvalue weighted by molar-refractivity contribution is 5.25. The van der Waals surface area contributed by atoms with Crippen molar-refractivity contribution in [2.24, 2.45) is 0 Å². The number of ether oxygens (including phenoxy) is 1. The Bertz CT molecular complexity index is 411. The van der Waals surface area contributed by atoms with Crippen molar-refractivity contribution in [1.29, 1.82) is 0 Å². The van der Waals surface area contributed by atoms with Crippen molar-refractivity contribution < 1.29 is 4.74 Å². The number of likely N-dealkylation sites (N-methyl/N-ethyl adjacent to an activating group) is 1. The molecule has 0 amide bonds. The standard InChI is InChI=1S/C16H23NO/c1-3-17-16(15-8-5-9-18-12-15)11-14-7-4-6-13(2)10-14/h4,6-7,10,12,16-17H,3,5,8-9,11H2,1-2H3. The third kappa shape index (κ3) is 3.61. The number of hydrogen-bond donors (Lipinski definition) is 1. The lowest BCUT2D eigenvalue weighted by Crippen LogP contribution is -2.34. The van der Waals surface area contributed by atoms with Crippen molar-refractivity contribution in [3.63, 3.8) is 0 Å². The molecule has 1 N–H and O–H groups in total. The fourth-order valence-electron chi connectivity index (χ4n) is 2.50. The van der Waals surface area contributed by atoms with E-state index < -0.39 is 0 Å². The Labute approximate surface area is 110 Å². The maximum Gasteiger partial charge on any atom is 0.0876 e. The first-order valence-electron chi connectivity index (χ1n) is 6.89. The van der Waals surface area contributed by atoms with E-state index in [4.69, 9.17) is 4.74 Å². The molecular formula is C16H23NO. The van der Waals surface area contributed by atoms with E-state index in [1.54, 1.807) is 0 Å². The van der Waals surface area contributed by atoms with Crippen LogP contribution in [0.25, 0.3) is 0 Å². The molecule has 1 aromatic carbocycles. The molecule has 1 aliphatic heterocycles. The first-order chi connectivity index (χ1) is 8.79. The smallest absolute Gasteiger partial charge is 0.0876 e. The summed E-state index contributed by atoms with van der Waals surface area (Å²) in [5.74, 6) is 0. The highest BCUT2D eigenvalue weighted by Gasteiger charge is 2.16. The van der Waals surface area contributed by atoms with Gasteiger partial charge in [0.25, 0.3) is 0 Å². The lowest BCUT2D eigenvalue weighted by Gasteiger charge is -2.24. The highest BCUT2D eigenvalue weighted by atomic mass is 16.5. The van der Waals surface area contributed by atoms with Gasteiger partial charge in [0.15, 0.2) is 0 Å². The SMILES string of the molecule is CCNC(Cc1cccc(C)c1)C1=COCCC1. The Morgan fingerprint density at radius 3 is 2.94 bits per heavy atom. The van der Waals surface area contributed by atoms with E-state index in [1.165, 1.54) is 16.7 Å². The molecule has 0 saturated carbocycles. The molecule has 2 nitrogen and oxygen atoms in total. The summed E-state index contributed by atoms with van der Waals surface area (Å²) < 4.78 is 5.47. The van der Waals surface area contributed by atoms with Gasteiger partial charge in [0, 0.05) is 6.04 Å². The molecule has 0 aromatic heterocycles. The minimum atomic E-state index is 0.414. The van der Waals surface area contributed by atoms with Crippen molar-refractivity contribution in [2.45, 2.75) is 39.2 Å². The average Bonchev–Trinajstić information content (AvgIpc) is 2.39. The van der Waals surface area contributed by atoms with Crippen molar-refractivity contribution in [3.05, 3.63) is 47.2 Å². The van der Waals surface area contributed by atoms with Gasteiger partial charge in [-0.15, -0.1) is 0 Å². The molecule has 1 heterocycles. The summed E-state index contributed by atoms with van der Waals surface area (Å²) in [5.41, 5.74) is 4.13. The predicted octanol–water partition coefficient (Wildman–Crippen LogP) is 3.21. The summed E-state index contributed by atoms with van der Waals surface area (Å²) in [5, 5.41) is 3.57. The van der Waals surface area contributed by atoms with Crippen molar-refractivity contribution in [3.8, 4) is 0 Å². The Morgan fingerprint density at radius 2 is 2.28 bits per heavy atom. The number of hydrogen-bond acceptors (Lipinski definition) is 2. The van der Waals surface area contributed by atoms with E-state index in [9.17, 15) is 0 Å². The molecule has 1 unspecified atom stereocenters. The summed E-state index contributed by atoms with van der Waals surface area (Å²) in [6, 6.07) is 9.18. The zero-order valence-electron chi connectivity index (χ0n) is 11.4. The second-order valence-electron chi connectivity index (χ2n) is 4.97. The molecule has 0 radical (unpaired) electrons. The third-order valence-electron chi connectivity index (χ3n) is 3.38. The van der Waals surface area contributed by atoms with Crippen LogP contribution in [0.15, 0.2) is 36.1 Å². The molecule has 2 heteroatoms. The largest absolute Gasteiger partial charge is 0.501 e. The van der Waals surface area contributed by atoms with Gasteiger partial charge in [-0.2, -0.15) is 0 Å². The van der Waals surface area contributed by atoms with Crippen LogP contribution in [-0.2, 0) is 11.2 Å². The van der Waals surface area contributed by atoms with Gasteiger partial charge < -0.3 is 10.1 Å². The monoisotopic (exact) mass is 245 g/mol. The molecule has 18 heavy (non-hydrogen) atoms. The zero-order valence-corrected chi connectivity index (χ0v) is 11.4. The highest BCUT2D eigenvalue weighted by Crippen LogP contribution is 2.19. The number of benzene rings is 1. The zero-order chi connectivity index (χ0) is 12.8. The van der Waals surface area contributed by atoms with Gasteiger partial charge in [-0.3, -0.25) is 0 Å². The van der Waals surface area contributed by atoms with Gasteiger partial charge in [0.1, 0.15) is 0 Å². The van der Waals surface area contributed by atoms with E-state index in [1.807, 2.05) is 6.26 Å². The van der Waals surface area contributed by atoms with Crippen LogP contribution in [0.5, 0.6) is 0 Å². The molecule has 1 aromatic rings. The molecule has 1 aliphatic rings. The summed E-state index contributed by atoms with van der Waals surface area (Å²) in [6.07, 6.45) is 5.31. The first-order valence-corrected chi connectivity index (χ1v) is 6.89. The summed E-state index contributed by atoms with van der Waals surface area (Å²) in [4.78, 5) is 0. The normalized spacial score (nSPS) is 16.9. The fourth-order valence-corrected chi connectivity index (χ4v) is 2.50. The Kier molecular flexibility index (Phi) is 4.82. The minimum Gasteiger partial charge on any atom is -0.501 e. The van der Waals surface area contributed by atoms with Gasteiger partial charge in [0.2, 0.25) is 0 Å². The van der Waals surface area contributed by atoms with Gasteiger partial charge >= 0.3 is 0 Å². The molecule has 98 valence electrons. The topological polar surface area (TPSA) is 21.3 Å². The molecular weight excluding hydrogens is 222 g/mol. The van der Waals surface area contributed by atoms with Crippen LogP contribution in [0.2, 0.25) is 0 Å². The molecule has 0 aliphatic carbocycles. The molecule has 0 spiro atoms. The van der Waals surface area contributed by atoms with E-state index >= 15 is 0 Å². The van der Waals surface area contributed by atoms with Crippen LogP contribution >= 0.6 is 0 Å². The van der Waals surface area contributed by atoms with Gasteiger partial charge in [0.05, 0.1) is 12.9 Å². The summed E-state index contributed by atoms with van der Waals surface area (Å²) >= 11 is 0. The minimum absolute atomic E-state index is 0.414. The van der Waals surface area contributed by atoms with Crippen molar-refractivity contribution in [2.75, 3.05) is 13.2 Å². The Hall–Kier alpha value is -1.28. The molecule has 1 atom stereocenters. The van der Waals surface area contributed by atoms with E-state index in [0.717, 1.165) is 32.4 Å². The summed E-state index contributed by atoms with van der Waals surface area (Å²) in [6.45, 7) is 6.17. The number of rotatable bonds is 5. The molecule has 0 saturated heterocycles. The maximum absolute atomic E-state index is 5.47. The van der Waals surface area contributed by atoms with E-state index in [2.05, 4.69) is 43.4 Å². The molecule has 0 fully saturated rings. The number of nitrogens with one attached hydrogen (secondary N) is 1. The van der Waals surface area contributed by atoms with Crippen LogP contribution in [-0.4, -0.2) is 19.2 Å². The Morgan fingerprint density at radius 1 is 1.39 bits per heavy atom. The predicted molar refractivity (Wildman–Crippen MR) is 75.6 cm³/mol. The Balaban J connectivity index is 2.08.